The van der Waals surface area contributed by atoms with Crippen LogP contribution < -0.4 is 14.8 Å². The van der Waals surface area contributed by atoms with Gasteiger partial charge in [-0.1, -0.05) is 63.4 Å². The minimum absolute atomic E-state index is 0.197. The Morgan fingerprint density at radius 3 is 2.54 bits per heavy atom. The van der Waals surface area contributed by atoms with Gasteiger partial charge in [0.2, 0.25) is 5.91 Å². The normalized spacial score (nSPS) is 11.0. The summed E-state index contributed by atoms with van der Waals surface area (Å²) in [5.74, 6) is 0.775. The third kappa shape index (κ3) is 6.64. The number of aromatic nitrogens is 1. The van der Waals surface area contributed by atoms with Crippen LogP contribution in [0.3, 0.4) is 0 Å². The maximum absolute atomic E-state index is 12.4. The van der Waals surface area contributed by atoms with Gasteiger partial charge in [-0.3, -0.25) is 10.1 Å². The van der Waals surface area contributed by atoms with Gasteiger partial charge in [0.15, 0.2) is 16.6 Å². The second kappa shape index (κ2) is 11.7. The van der Waals surface area contributed by atoms with Crippen molar-refractivity contribution < 1.29 is 14.3 Å². The van der Waals surface area contributed by atoms with E-state index < -0.39 is 0 Å². The second-order valence-electron chi connectivity index (χ2n) is 7.27. The number of benzene rings is 3. The predicted molar refractivity (Wildman–Crippen MR) is 147 cm³/mol. The monoisotopic (exact) mass is 588 g/mol. The zero-order valence-electron chi connectivity index (χ0n) is 18.4. The molecule has 0 spiro atoms. The molecule has 0 saturated carbocycles. The first kappa shape index (κ1) is 25.3. The summed E-state index contributed by atoms with van der Waals surface area (Å²) in [5.41, 5.74) is 3.26. The minimum Gasteiger partial charge on any atom is -0.493 e. The summed E-state index contributed by atoms with van der Waals surface area (Å²) < 4.78 is 12.3. The fourth-order valence-corrected chi connectivity index (χ4v) is 4.62. The molecule has 0 bridgehead atoms. The molecule has 178 valence electrons. The molecule has 5 nitrogen and oxygen atoms in total. The Hall–Kier alpha value is -2.84. The molecule has 4 aromatic rings. The van der Waals surface area contributed by atoms with Crippen LogP contribution in [0, 0.1) is 0 Å². The third-order valence-electron chi connectivity index (χ3n) is 4.92. The van der Waals surface area contributed by atoms with Crippen molar-refractivity contribution in [2.24, 2.45) is 0 Å². The molecule has 1 aromatic heterocycles. The lowest BCUT2D eigenvalue weighted by Gasteiger charge is -2.13. The van der Waals surface area contributed by atoms with Gasteiger partial charge in [0.1, 0.15) is 6.61 Å². The first-order valence-corrected chi connectivity index (χ1v) is 12.8. The summed E-state index contributed by atoms with van der Waals surface area (Å²) in [5, 5.41) is 6.29. The highest BCUT2D eigenvalue weighted by molar-refractivity contribution is 9.10. The van der Waals surface area contributed by atoms with Crippen molar-refractivity contribution >= 4 is 67.6 Å². The number of anilines is 1. The van der Waals surface area contributed by atoms with Crippen LogP contribution in [0.5, 0.6) is 11.5 Å². The van der Waals surface area contributed by atoms with Crippen LogP contribution in [0.25, 0.3) is 17.3 Å². The number of hydrogen-bond donors (Lipinski definition) is 1. The van der Waals surface area contributed by atoms with Gasteiger partial charge in [0, 0.05) is 37.1 Å². The van der Waals surface area contributed by atoms with E-state index >= 15 is 0 Å². The molecule has 0 aliphatic heterocycles. The van der Waals surface area contributed by atoms with Gasteiger partial charge in [-0.25, -0.2) is 4.98 Å². The first-order valence-electron chi connectivity index (χ1n) is 10.4. The molecule has 0 saturated heterocycles. The van der Waals surface area contributed by atoms with E-state index in [1.807, 2.05) is 35.7 Å². The largest absolute Gasteiger partial charge is 0.493 e. The fourth-order valence-electron chi connectivity index (χ4n) is 3.13. The van der Waals surface area contributed by atoms with Gasteiger partial charge in [-0.15, -0.1) is 11.3 Å². The molecule has 0 aliphatic rings. The van der Waals surface area contributed by atoms with Crippen LogP contribution in [0.15, 0.2) is 76.6 Å². The Morgan fingerprint density at radius 1 is 1.09 bits per heavy atom. The van der Waals surface area contributed by atoms with Gasteiger partial charge >= 0.3 is 0 Å². The highest BCUT2D eigenvalue weighted by Gasteiger charge is 2.10. The Morgan fingerprint density at radius 2 is 1.83 bits per heavy atom. The molecular formula is C26H19BrCl2N2O3S. The van der Waals surface area contributed by atoms with Crippen molar-refractivity contribution in [3.63, 3.8) is 0 Å². The molecule has 0 radical (unpaired) electrons. The smallest absolute Gasteiger partial charge is 0.250 e. The van der Waals surface area contributed by atoms with E-state index in [4.69, 9.17) is 32.7 Å². The molecule has 1 N–H and O–H groups in total. The van der Waals surface area contributed by atoms with E-state index in [-0.39, 0.29) is 12.5 Å². The number of hydrogen-bond acceptors (Lipinski definition) is 5. The zero-order chi connectivity index (χ0) is 24.8. The Bertz CT molecular complexity index is 1350. The maximum atomic E-state index is 12.4. The lowest BCUT2D eigenvalue weighted by atomic mass is 10.2. The molecule has 4 rings (SSSR count). The van der Waals surface area contributed by atoms with Gasteiger partial charge in [0.05, 0.1) is 12.8 Å². The Kier molecular flexibility index (Phi) is 8.46. The number of amides is 1. The molecule has 0 fully saturated rings. The molecule has 9 heteroatoms. The molecule has 3 aromatic carbocycles. The zero-order valence-corrected chi connectivity index (χ0v) is 22.3. The lowest BCUT2D eigenvalue weighted by molar-refractivity contribution is -0.111. The van der Waals surface area contributed by atoms with E-state index in [0.29, 0.717) is 32.2 Å². The fraction of sp³-hybridized carbons (Fsp3) is 0.0769. The van der Waals surface area contributed by atoms with Crippen molar-refractivity contribution in [2.75, 3.05) is 12.4 Å². The standard InChI is InChI=1S/C26H19BrCl2N2O3S/c1-33-24-13-16(5-11-23(24)34-14-19-20(28)3-2-4-21(19)29)6-12-25(32)31-26-30-22(15-35-26)17-7-9-18(27)10-8-17/h2-13,15H,14H2,1H3,(H,30,31,32)/b12-6+. The van der Waals surface area contributed by atoms with Gasteiger partial charge < -0.3 is 9.47 Å². The first-order chi connectivity index (χ1) is 16.9. The van der Waals surface area contributed by atoms with Crippen LogP contribution in [-0.2, 0) is 11.4 Å². The van der Waals surface area contributed by atoms with Crippen molar-refractivity contribution in [2.45, 2.75) is 6.61 Å². The number of rotatable bonds is 8. The molecule has 0 unspecified atom stereocenters. The summed E-state index contributed by atoms with van der Waals surface area (Å²) in [6, 6.07) is 18.5. The van der Waals surface area contributed by atoms with Gasteiger partial charge in [0.25, 0.3) is 0 Å². The number of nitrogens with one attached hydrogen (secondary N) is 1. The highest BCUT2D eigenvalue weighted by atomic mass is 79.9. The third-order valence-corrected chi connectivity index (χ3v) is 6.92. The molecule has 35 heavy (non-hydrogen) atoms. The number of methoxy groups -OCH3 is 1. The maximum Gasteiger partial charge on any atom is 0.250 e. The van der Waals surface area contributed by atoms with Crippen LogP contribution in [0.2, 0.25) is 10.0 Å². The number of thiazole rings is 1. The average Bonchev–Trinajstić information content (AvgIpc) is 3.31. The van der Waals surface area contributed by atoms with Crippen LogP contribution in [0.1, 0.15) is 11.1 Å². The SMILES string of the molecule is COc1cc(/C=C/C(=O)Nc2nc(-c3ccc(Br)cc3)cs2)ccc1OCc1c(Cl)cccc1Cl. The van der Waals surface area contributed by atoms with E-state index in [1.165, 1.54) is 17.4 Å². The van der Waals surface area contributed by atoms with Crippen LogP contribution in [-0.4, -0.2) is 18.0 Å². The highest BCUT2D eigenvalue weighted by Crippen LogP contribution is 2.32. The molecular weight excluding hydrogens is 571 g/mol. The van der Waals surface area contributed by atoms with Crippen LogP contribution >= 0.6 is 50.5 Å². The van der Waals surface area contributed by atoms with E-state index in [0.717, 1.165) is 21.3 Å². The van der Waals surface area contributed by atoms with E-state index in [2.05, 4.69) is 26.2 Å². The molecule has 0 aliphatic carbocycles. The van der Waals surface area contributed by atoms with Crippen LogP contribution in [0.4, 0.5) is 5.13 Å². The Labute approximate surface area is 225 Å². The van der Waals surface area contributed by atoms with E-state index in [9.17, 15) is 4.79 Å². The molecule has 0 atom stereocenters. The summed E-state index contributed by atoms with van der Waals surface area (Å²) >= 11 is 17.2. The summed E-state index contributed by atoms with van der Waals surface area (Å²) in [6.45, 7) is 0.197. The predicted octanol–water partition coefficient (Wildman–Crippen LogP) is 8.12. The van der Waals surface area contributed by atoms with Gasteiger partial charge in [-0.05, 0) is 48.0 Å². The van der Waals surface area contributed by atoms with Crippen molar-refractivity contribution in [1.29, 1.82) is 0 Å². The number of carbonyl (C=O) groups excluding carboxylic acids is 1. The van der Waals surface area contributed by atoms with Crippen molar-refractivity contribution in [3.05, 3.63) is 97.8 Å². The lowest BCUT2D eigenvalue weighted by Crippen LogP contribution is -2.07. The molecule has 1 heterocycles. The van der Waals surface area contributed by atoms with Crippen molar-refractivity contribution in [3.8, 4) is 22.8 Å². The number of carbonyl (C=O) groups is 1. The van der Waals surface area contributed by atoms with Gasteiger partial charge in [-0.2, -0.15) is 0 Å². The number of halogens is 3. The molecule has 1 amide bonds. The number of nitrogens with zero attached hydrogens (tertiary/aromatic N) is 1. The summed E-state index contributed by atoms with van der Waals surface area (Å²) in [6.07, 6.45) is 3.13. The second-order valence-corrected chi connectivity index (χ2v) is 9.85. The van der Waals surface area contributed by atoms with Crippen molar-refractivity contribution in [1.82, 2.24) is 4.98 Å². The minimum atomic E-state index is -0.283. The van der Waals surface area contributed by atoms with E-state index in [1.54, 1.807) is 43.5 Å². The Balaban J connectivity index is 1.39. The summed E-state index contributed by atoms with van der Waals surface area (Å²) in [4.78, 5) is 16.9. The quantitative estimate of drug-likeness (QED) is 0.211. The average molecular weight is 590 g/mol. The summed E-state index contributed by atoms with van der Waals surface area (Å²) in [7, 11) is 1.55. The number of ether oxygens (including phenoxy) is 2. The topological polar surface area (TPSA) is 60.5 Å².